The summed E-state index contributed by atoms with van der Waals surface area (Å²) in [5.41, 5.74) is 1.05. The fourth-order valence-corrected chi connectivity index (χ4v) is 4.02. The molecule has 0 unspecified atom stereocenters. The van der Waals surface area contributed by atoms with Gasteiger partial charge in [0.2, 0.25) is 15.8 Å². The number of piperazine rings is 1. The van der Waals surface area contributed by atoms with E-state index in [-0.39, 0.29) is 11.5 Å². The molecule has 1 fully saturated rings. The highest BCUT2D eigenvalue weighted by molar-refractivity contribution is 7.91. The molecule has 1 amide bonds. The van der Waals surface area contributed by atoms with Crippen LogP contribution in [0.5, 0.6) is 0 Å². The number of sulfone groups is 1. The van der Waals surface area contributed by atoms with Crippen LogP contribution < -0.4 is 4.90 Å². The summed E-state index contributed by atoms with van der Waals surface area (Å²) in [7, 11) is -4.69. The highest BCUT2D eigenvalue weighted by Gasteiger charge is 2.28. The van der Waals surface area contributed by atoms with Gasteiger partial charge in [0.05, 0.1) is 10.6 Å². The van der Waals surface area contributed by atoms with Crippen LogP contribution in [0.4, 0.5) is 14.7 Å². The number of nitrogens with zero attached hydrogens (tertiary/aromatic N) is 6. The van der Waals surface area contributed by atoms with Gasteiger partial charge in [-0.1, -0.05) is 23.3 Å². The normalized spacial score (nSPS) is 14.8. The van der Waals surface area contributed by atoms with Crippen molar-refractivity contribution in [2.45, 2.75) is 10.7 Å². The number of alkyl halides is 2. The molecule has 1 aliphatic rings. The lowest BCUT2D eigenvalue weighted by Crippen LogP contribution is -2.49. The number of halogens is 2. The molecule has 0 radical (unpaired) electrons. The second-order valence-electron chi connectivity index (χ2n) is 6.84. The topological polar surface area (TPSA) is 101 Å². The Labute approximate surface area is 176 Å². The minimum atomic E-state index is -4.69. The van der Waals surface area contributed by atoms with Gasteiger partial charge < -0.3 is 9.80 Å². The van der Waals surface area contributed by atoms with Crippen molar-refractivity contribution < 1.29 is 22.0 Å². The molecule has 12 heteroatoms. The van der Waals surface area contributed by atoms with E-state index in [0.29, 0.717) is 32.1 Å². The molecule has 2 heterocycles. The first-order chi connectivity index (χ1) is 14.9. The SMILES string of the molecule is O=C(c1ccc(S(=O)(=O)C(F)F)cc1)N1CCN(c2nnnn2-c2ccccc2)CC1. The Bertz CT molecular complexity index is 1160. The summed E-state index contributed by atoms with van der Waals surface area (Å²) in [5, 5.41) is 11.9. The zero-order chi connectivity index (χ0) is 22.0. The fourth-order valence-electron chi connectivity index (χ4n) is 3.30. The van der Waals surface area contributed by atoms with Gasteiger partial charge in [-0.3, -0.25) is 4.79 Å². The molecule has 9 nitrogen and oxygen atoms in total. The van der Waals surface area contributed by atoms with Crippen LogP contribution in [-0.4, -0.2) is 71.4 Å². The van der Waals surface area contributed by atoms with Crippen molar-refractivity contribution in [3.05, 3.63) is 60.2 Å². The lowest BCUT2D eigenvalue weighted by Gasteiger charge is -2.34. The Kier molecular flexibility index (Phi) is 5.63. The molecule has 162 valence electrons. The number of amides is 1. The summed E-state index contributed by atoms with van der Waals surface area (Å²) in [5.74, 6) is -3.24. The van der Waals surface area contributed by atoms with E-state index >= 15 is 0 Å². The quantitative estimate of drug-likeness (QED) is 0.585. The molecule has 0 aliphatic carbocycles. The first kappa shape index (κ1) is 20.8. The lowest BCUT2D eigenvalue weighted by molar-refractivity contribution is 0.0746. The van der Waals surface area contributed by atoms with Crippen molar-refractivity contribution >= 4 is 21.7 Å². The largest absolute Gasteiger partial charge is 0.341 e. The van der Waals surface area contributed by atoms with Gasteiger partial charge in [-0.25, -0.2) is 8.42 Å². The third-order valence-corrected chi connectivity index (χ3v) is 6.37. The highest BCUT2D eigenvalue weighted by Crippen LogP contribution is 2.21. The van der Waals surface area contributed by atoms with E-state index in [9.17, 15) is 22.0 Å². The first-order valence-electron chi connectivity index (χ1n) is 9.38. The number of carbonyl (C=O) groups is 1. The third kappa shape index (κ3) is 4.10. The fraction of sp³-hybridized carbons (Fsp3) is 0.263. The van der Waals surface area contributed by atoms with Crippen molar-refractivity contribution in [1.82, 2.24) is 25.1 Å². The van der Waals surface area contributed by atoms with Crippen LogP contribution in [0.1, 0.15) is 10.4 Å². The van der Waals surface area contributed by atoms with E-state index < -0.39 is 20.5 Å². The predicted octanol–water partition coefficient (Wildman–Crippen LogP) is 1.62. The molecule has 2 aromatic carbocycles. The molecule has 1 aromatic heterocycles. The maximum atomic E-state index is 12.7. The third-order valence-electron chi connectivity index (χ3n) is 4.97. The average molecular weight is 448 g/mol. The van der Waals surface area contributed by atoms with Gasteiger partial charge in [-0.05, 0) is 46.8 Å². The Morgan fingerprint density at radius 2 is 1.58 bits per heavy atom. The predicted molar refractivity (Wildman–Crippen MR) is 107 cm³/mol. The molecule has 0 bridgehead atoms. The van der Waals surface area contributed by atoms with Crippen LogP contribution >= 0.6 is 0 Å². The van der Waals surface area contributed by atoms with Gasteiger partial charge >= 0.3 is 5.76 Å². The minimum Gasteiger partial charge on any atom is -0.336 e. The molecule has 3 aromatic rings. The number of carbonyl (C=O) groups excluding carboxylic acids is 1. The van der Waals surface area contributed by atoms with Crippen molar-refractivity contribution in [3.8, 4) is 5.69 Å². The van der Waals surface area contributed by atoms with E-state index in [1.165, 1.54) is 12.1 Å². The second-order valence-corrected chi connectivity index (χ2v) is 8.75. The van der Waals surface area contributed by atoms with Gasteiger partial charge in [0.1, 0.15) is 0 Å². The summed E-state index contributed by atoms with van der Waals surface area (Å²) in [6.07, 6.45) is 0. The maximum Gasteiger partial charge on any atom is 0.341 e. The Morgan fingerprint density at radius 1 is 0.935 bits per heavy atom. The highest BCUT2D eigenvalue weighted by atomic mass is 32.2. The van der Waals surface area contributed by atoms with Crippen molar-refractivity contribution in [3.63, 3.8) is 0 Å². The Balaban J connectivity index is 1.43. The lowest BCUT2D eigenvalue weighted by atomic mass is 10.2. The smallest absolute Gasteiger partial charge is 0.336 e. The van der Waals surface area contributed by atoms with Gasteiger partial charge in [0.15, 0.2) is 0 Å². The van der Waals surface area contributed by atoms with E-state index in [4.69, 9.17) is 0 Å². The van der Waals surface area contributed by atoms with E-state index in [0.717, 1.165) is 17.8 Å². The minimum absolute atomic E-state index is 0.232. The summed E-state index contributed by atoms with van der Waals surface area (Å²) < 4.78 is 50.0. The summed E-state index contributed by atoms with van der Waals surface area (Å²) in [6.45, 7) is 1.79. The van der Waals surface area contributed by atoms with E-state index in [1.807, 2.05) is 35.2 Å². The van der Waals surface area contributed by atoms with Crippen LogP contribution in [0.2, 0.25) is 0 Å². The molecule has 1 saturated heterocycles. The molecule has 0 N–H and O–H groups in total. The number of aromatic nitrogens is 4. The average Bonchev–Trinajstić information content (AvgIpc) is 3.29. The van der Waals surface area contributed by atoms with Crippen molar-refractivity contribution in [1.29, 1.82) is 0 Å². The first-order valence-corrected chi connectivity index (χ1v) is 10.9. The molecular weight excluding hydrogens is 430 g/mol. The number of tetrazole rings is 1. The van der Waals surface area contributed by atoms with Crippen molar-refractivity contribution in [2.24, 2.45) is 0 Å². The zero-order valence-corrected chi connectivity index (χ0v) is 17.0. The Morgan fingerprint density at radius 3 is 2.19 bits per heavy atom. The van der Waals surface area contributed by atoms with Crippen LogP contribution in [0.3, 0.4) is 0 Å². The Hall–Kier alpha value is -3.41. The van der Waals surface area contributed by atoms with Crippen LogP contribution in [0.25, 0.3) is 5.69 Å². The van der Waals surface area contributed by atoms with E-state index in [2.05, 4.69) is 15.5 Å². The number of benzene rings is 2. The summed E-state index contributed by atoms with van der Waals surface area (Å²) in [4.78, 5) is 15.8. The van der Waals surface area contributed by atoms with Gasteiger partial charge in [-0.2, -0.15) is 13.5 Å². The number of anilines is 1. The van der Waals surface area contributed by atoms with Crippen LogP contribution in [0, 0.1) is 0 Å². The molecule has 0 saturated carbocycles. The number of hydrogen-bond acceptors (Lipinski definition) is 7. The van der Waals surface area contributed by atoms with E-state index in [1.54, 1.807) is 9.58 Å². The van der Waals surface area contributed by atoms with Gasteiger partial charge in [-0.15, -0.1) is 0 Å². The molecule has 0 spiro atoms. The summed E-state index contributed by atoms with van der Waals surface area (Å²) >= 11 is 0. The van der Waals surface area contributed by atoms with Gasteiger partial charge in [0, 0.05) is 31.7 Å². The molecule has 4 rings (SSSR count). The second kappa shape index (κ2) is 8.38. The summed E-state index contributed by atoms with van der Waals surface area (Å²) in [6, 6.07) is 14.0. The van der Waals surface area contributed by atoms with Crippen molar-refractivity contribution in [2.75, 3.05) is 31.1 Å². The van der Waals surface area contributed by atoms with Gasteiger partial charge in [0.25, 0.3) is 5.91 Å². The molecular formula is C19H18F2N6O3S. The van der Waals surface area contributed by atoms with Crippen LogP contribution in [-0.2, 0) is 9.84 Å². The monoisotopic (exact) mass is 448 g/mol. The molecule has 0 atom stereocenters. The number of para-hydroxylation sites is 1. The van der Waals surface area contributed by atoms with Crippen LogP contribution in [0.15, 0.2) is 59.5 Å². The molecule has 31 heavy (non-hydrogen) atoms. The standard InChI is InChI=1S/C19H18F2N6O3S/c20-18(21)31(29,30)16-8-6-14(7-9-16)17(28)25-10-12-26(13-11-25)19-22-23-24-27(19)15-4-2-1-3-5-15/h1-9,18H,10-13H2. The molecule has 1 aliphatic heterocycles. The number of hydrogen-bond donors (Lipinski definition) is 0. The maximum absolute atomic E-state index is 12.7. The zero-order valence-electron chi connectivity index (χ0n) is 16.2. The number of rotatable bonds is 5.